The first kappa shape index (κ1) is 19.7. The number of methoxy groups -OCH3 is 2. The Bertz CT molecular complexity index is 1110. The van der Waals surface area contributed by atoms with Gasteiger partial charge in [0.25, 0.3) is 11.8 Å². The second-order valence-corrected chi connectivity index (χ2v) is 7.42. The fourth-order valence-corrected chi connectivity index (χ4v) is 3.97. The van der Waals surface area contributed by atoms with Crippen LogP contribution in [0.15, 0.2) is 65.9 Å². The molecule has 0 aliphatic carbocycles. The van der Waals surface area contributed by atoms with Crippen LogP contribution in [0.2, 0.25) is 0 Å². The Kier molecular flexibility index (Phi) is 5.49. The standard InChI is InChI=1S/C22H19N3O4S/c1-28-15-7-8-17(29-2)16(11-15)24-20-19(18-6-4-10-30-18)21(26)25(22(20)27)13-14-5-3-9-23-12-14/h3-12,24H,13H2,1-2H3. The molecule has 152 valence electrons. The number of hydrogen-bond acceptors (Lipinski definition) is 7. The number of pyridine rings is 1. The third-order valence-electron chi connectivity index (χ3n) is 4.67. The predicted molar refractivity (Wildman–Crippen MR) is 114 cm³/mol. The number of anilines is 1. The van der Waals surface area contributed by atoms with Gasteiger partial charge in [0, 0.05) is 23.3 Å². The molecular formula is C22H19N3O4S. The summed E-state index contributed by atoms with van der Waals surface area (Å²) in [4.78, 5) is 32.5. The van der Waals surface area contributed by atoms with E-state index < -0.39 is 5.91 Å². The summed E-state index contributed by atoms with van der Waals surface area (Å²) in [6, 6.07) is 12.5. The summed E-state index contributed by atoms with van der Waals surface area (Å²) in [7, 11) is 3.10. The van der Waals surface area contributed by atoms with Gasteiger partial charge in [-0.15, -0.1) is 11.3 Å². The van der Waals surface area contributed by atoms with Gasteiger partial charge in [-0.25, -0.2) is 0 Å². The largest absolute Gasteiger partial charge is 0.497 e. The Hall–Kier alpha value is -3.65. The van der Waals surface area contributed by atoms with Crippen molar-refractivity contribution in [1.82, 2.24) is 9.88 Å². The van der Waals surface area contributed by atoms with E-state index in [2.05, 4.69) is 10.3 Å². The smallest absolute Gasteiger partial charge is 0.278 e. The van der Waals surface area contributed by atoms with Gasteiger partial charge in [-0.1, -0.05) is 12.1 Å². The highest BCUT2D eigenvalue weighted by Crippen LogP contribution is 2.36. The highest BCUT2D eigenvalue weighted by molar-refractivity contribution is 7.11. The van der Waals surface area contributed by atoms with Gasteiger partial charge < -0.3 is 14.8 Å². The monoisotopic (exact) mass is 421 g/mol. The average Bonchev–Trinajstić information content (AvgIpc) is 3.37. The Labute approximate surface area is 177 Å². The third kappa shape index (κ3) is 3.65. The van der Waals surface area contributed by atoms with E-state index in [1.165, 1.54) is 23.3 Å². The minimum Gasteiger partial charge on any atom is -0.497 e. The van der Waals surface area contributed by atoms with Gasteiger partial charge in [-0.2, -0.15) is 0 Å². The van der Waals surface area contributed by atoms with Gasteiger partial charge in [0.1, 0.15) is 17.2 Å². The van der Waals surface area contributed by atoms with Gasteiger partial charge in [-0.3, -0.25) is 19.5 Å². The van der Waals surface area contributed by atoms with E-state index >= 15 is 0 Å². The molecule has 30 heavy (non-hydrogen) atoms. The molecule has 8 heteroatoms. The molecule has 2 amide bonds. The minimum atomic E-state index is -0.405. The lowest BCUT2D eigenvalue weighted by molar-refractivity contribution is -0.137. The number of ether oxygens (including phenoxy) is 2. The van der Waals surface area contributed by atoms with Crippen molar-refractivity contribution < 1.29 is 19.1 Å². The number of carbonyl (C=O) groups is 2. The molecular weight excluding hydrogens is 402 g/mol. The molecule has 0 atom stereocenters. The van der Waals surface area contributed by atoms with Gasteiger partial charge in [0.15, 0.2) is 0 Å². The molecule has 1 aromatic carbocycles. The zero-order valence-corrected chi connectivity index (χ0v) is 17.2. The molecule has 0 fully saturated rings. The van der Waals surface area contributed by atoms with Crippen LogP contribution in [-0.4, -0.2) is 35.9 Å². The Morgan fingerprint density at radius 3 is 2.60 bits per heavy atom. The highest BCUT2D eigenvalue weighted by atomic mass is 32.1. The molecule has 0 spiro atoms. The lowest BCUT2D eigenvalue weighted by atomic mass is 10.1. The normalized spacial score (nSPS) is 13.7. The number of imide groups is 1. The second-order valence-electron chi connectivity index (χ2n) is 6.48. The lowest BCUT2D eigenvalue weighted by Crippen LogP contribution is -2.32. The van der Waals surface area contributed by atoms with Crippen LogP contribution in [-0.2, 0) is 16.1 Å². The fraction of sp³-hybridized carbons (Fsp3) is 0.136. The first-order valence-corrected chi connectivity index (χ1v) is 10.0. The summed E-state index contributed by atoms with van der Waals surface area (Å²) < 4.78 is 10.7. The summed E-state index contributed by atoms with van der Waals surface area (Å²) in [6.45, 7) is 0.140. The molecule has 0 saturated carbocycles. The van der Waals surface area contributed by atoms with Crippen LogP contribution >= 0.6 is 11.3 Å². The topological polar surface area (TPSA) is 80.8 Å². The van der Waals surface area contributed by atoms with Gasteiger partial charge in [-0.05, 0) is 35.2 Å². The summed E-state index contributed by atoms with van der Waals surface area (Å²) in [6.07, 6.45) is 3.29. The number of nitrogens with one attached hydrogen (secondary N) is 1. The summed E-state index contributed by atoms with van der Waals surface area (Å²) in [5.74, 6) is 0.369. The van der Waals surface area contributed by atoms with E-state index in [1.54, 1.807) is 43.8 Å². The van der Waals surface area contributed by atoms with Crippen molar-refractivity contribution in [3.8, 4) is 11.5 Å². The van der Waals surface area contributed by atoms with E-state index in [-0.39, 0.29) is 18.1 Å². The number of carbonyl (C=O) groups excluding carboxylic acids is 2. The summed E-state index contributed by atoms with van der Waals surface area (Å²) in [5.41, 5.74) is 1.84. The Balaban J connectivity index is 1.75. The van der Waals surface area contributed by atoms with Crippen molar-refractivity contribution in [3.63, 3.8) is 0 Å². The van der Waals surface area contributed by atoms with Crippen molar-refractivity contribution in [2.45, 2.75) is 6.54 Å². The molecule has 2 aromatic heterocycles. The highest BCUT2D eigenvalue weighted by Gasteiger charge is 2.40. The van der Waals surface area contributed by atoms with Crippen LogP contribution in [0.1, 0.15) is 10.4 Å². The number of thiophene rings is 1. The van der Waals surface area contributed by atoms with E-state index in [0.29, 0.717) is 27.6 Å². The first-order chi connectivity index (χ1) is 14.6. The van der Waals surface area contributed by atoms with Gasteiger partial charge in [0.2, 0.25) is 0 Å². The maximum atomic E-state index is 13.3. The maximum absolute atomic E-state index is 13.3. The van der Waals surface area contributed by atoms with Crippen LogP contribution in [0.3, 0.4) is 0 Å². The van der Waals surface area contributed by atoms with Crippen molar-refractivity contribution >= 4 is 34.4 Å². The molecule has 0 unspecified atom stereocenters. The summed E-state index contributed by atoms with van der Waals surface area (Å²) in [5, 5.41) is 4.99. The zero-order chi connectivity index (χ0) is 21.1. The molecule has 0 radical (unpaired) electrons. The van der Waals surface area contributed by atoms with Crippen molar-refractivity contribution in [2.75, 3.05) is 19.5 Å². The SMILES string of the molecule is COc1ccc(OC)c(NC2=C(c3cccs3)C(=O)N(Cc3cccnc3)C2=O)c1. The zero-order valence-electron chi connectivity index (χ0n) is 16.4. The van der Waals surface area contributed by atoms with E-state index in [4.69, 9.17) is 9.47 Å². The molecule has 4 rings (SSSR count). The molecule has 1 N–H and O–H groups in total. The number of rotatable bonds is 7. The molecule has 1 aliphatic rings. The third-order valence-corrected chi connectivity index (χ3v) is 5.55. The Morgan fingerprint density at radius 1 is 1.07 bits per heavy atom. The van der Waals surface area contributed by atoms with Crippen LogP contribution in [0.25, 0.3) is 5.57 Å². The molecule has 0 saturated heterocycles. The maximum Gasteiger partial charge on any atom is 0.278 e. The summed E-state index contributed by atoms with van der Waals surface area (Å²) >= 11 is 1.40. The first-order valence-electron chi connectivity index (χ1n) is 9.14. The second kappa shape index (κ2) is 8.38. The Morgan fingerprint density at radius 2 is 1.93 bits per heavy atom. The quantitative estimate of drug-likeness (QED) is 0.588. The number of amides is 2. The average molecular weight is 421 g/mol. The van der Waals surface area contributed by atoms with Crippen LogP contribution in [0.4, 0.5) is 5.69 Å². The van der Waals surface area contributed by atoms with Crippen molar-refractivity contribution in [3.05, 3.63) is 76.4 Å². The minimum absolute atomic E-state index is 0.140. The molecule has 7 nitrogen and oxygen atoms in total. The number of aromatic nitrogens is 1. The molecule has 3 heterocycles. The fourth-order valence-electron chi connectivity index (χ4n) is 3.21. The van der Waals surface area contributed by atoms with E-state index in [9.17, 15) is 9.59 Å². The van der Waals surface area contributed by atoms with Gasteiger partial charge in [0.05, 0.1) is 32.0 Å². The predicted octanol–water partition coefficient (Wildman–Crippen LogP) is 3.55. The lowest BCUT2D eigenvalue weighted by Gasteiger charge is -2.16. The van der Waals surface area contributed by atoms with E-state index in [1.807, 2.05) is 23.6 Å². The van der Waals surface area contributed by atoms with Crippen LogP contribution in [0.5, 0.6) is 11.5 Å². The number of hydrogen-bond donors (Lipinski definition) is 1. The molecule has 0 bridgehead atoms. The van der Waals surface area contributed by atoms with E-state index in [0.717, 1.165) is 5.56 Å². The van der Waals surface area contributed by atoms with Crippen LogP contribution < -0.4 is 14.8 Å². The molecule has 3 aromatic rings. The van der Waals surface area contributed by atoms with Crippen LogP contribution in [0, 0.1) is 0 Å². The number of nitrogens with zero attached hydrogens (tertiary/aromatic N) is 2. The van der Waals surface area contributed by atoms with Crippen molar-refractivity contribution in [1.29, 1.82) is 0 Å². The van der Waals surface area contributed by atoms with Gasteiger partial charge >= 0.3 is 0 Å². The number of benzene rings is 1. The molecule has 1 aliphatic heterocycles. The van der Waals surface area contributed by atoms with Crippen molar-refractivity contribution in [2.24, 2.45) is 0 Å².